The molecule has 0 bridgehead atoms. The first-order valence-corrected chi connectivity index (χ1v) is 11.4. The summed E-state index contributed by atoms with van der Waals surface area (Å²) < 4.78 is 0. The van der Waals surface area contributed by atoms with Crippen LogP contribution in [0.1, 0.15) is 56.1 Å². The van der Waals surface area contributed by atoms with Crippen LogP contribution in [0.2, 0.25) is 0 Å². The van der Waals surface area contributed by atoms with Crippen LogP contribution in [0.25, 0.3) is 0 Å². The summed E-state index contributed by atoms with van der Waals surface area (Å²) in [4.78, 5) is 14.8. The highest BCUT2D eigenvalue weighted by molar-refractivity contribution is 8.14. The maximum absolute atomic E-state index is 5.14. The van der Waals surface area contributed by atoms with Crippen molar-refractivity contribution in [2.24, 2.45) is 4.99 Å². The molecule has 0 aliphatic carbocycles. The monoisotopic (exact) mass is 394 g/mol. The minimum atomic E-state index is 0.0658. The number of hydrogen-bond donors (Lipinski definition) is 0. The van der Waals surface area contributed by atoms with Gasteiger partial charge in [0.25, 0.3) is 0 Å². The summed E-state index contributed by atoms with van der Waals surface area (Å²) in [6.45, 7) is 11.0. The Labute approximate surface area is 173 Å². The SMILES string of the molecule is CC[C@@H]1CSC2=N[C@@H](c3ccccn3)[C@H](c3ccc(N(CC)CC)cc3C)N21. The third kappa shape index (κ3) is 3.30. The van der Waals surface area contributed by atoms with Crippen LogP contribution >= 0.6 is 11.8 Å². The highest BCUT2D eigenvalue weighted by atomic mass is 32.2. The molecule has 0 radical (unpaired) electrons. The fourth-order valence-electron chi connectivity index (χ4n) is 4.46. The minimum Gasteiger partial charge on any atom is -0.372 e. The Bertz CT molecular complexity index is 847. The Morgan fingerprint density at radius 2 is 1.96 bits per heavy atom. The van der Waals surface area contributed by atoms with Gasteiger partial charge in [0, 0.05) is 36.8 Å². The average molecular weight is 395 g/mol. The topological polar surface area (TPSA) is 31.7 Å². The predicted octanol–water partition coefficient (Wildman–Crippen LogP) is 5.22. The summed E-state index contributed by atoms with van der Waals surface area (Å²) in [6.07, 6.45) is 3.03. The molecule has 0 N–H and O–H groups in total. The van der Waals surface area contributed by atoms with Crippen LogP contribution in [0.5, 0.6) is 0 Å². The van der Waals surface area contributed by atoms with Gasteiger partial charge in [-0.2, -0.15) is 0 Å². The molecular weight excluding hydrogens is 364 g/mol. The van der Waals surface area contributed by atoms with Crippen molar-refractivity contribution in [1.82, 2.24) is 9.88 Å². The third-order valence-electron chi connectivity index (χ3n) is 6.03. The van der Waals surface area contributed by atoms with Crippen molar-refractivity contribution < 1.29 is 0 Å². The molecule has 0 spiro atoms. The van der Waals surface area contributed by atoms with E-state index in [9.17, 15) is 0 Å². The summed E-state index contributed by atoms with van der Waals surface area (Å²) in [7, 11) is 0. The van der Waals surface area contributed by atoms with Crippen molar-refractivity contribution in [3.8, 4) is 0 Å². The average Bonchev–Trinajstić information content (AvgIpc) is 3.29. The summed E-state index contributed by atoms with van der Waals surface area (Å²) >= 11 is 1.90. The minimum absolute atomic E-state index is 0.0658. The number of aryl methyl sites for hydroxylation is 1. The van der Waals surface area contributed by atoms with Crippen LogP contribution in [-0.2, 0) is 0 Å². The molecule has 2 aliphatic rings. The lowest BCUT2D eigenvalue weighted by molar-refractivity contribution is 0.254. The quantitative estimate of drug-likeness (QED) is 0.673. The lowest BCUT2D eigenvalue weighted by Crippen LogP contribution is -2.35. The molecule has 28 heavy (non-hydrogen) atoms. The van der Waals surface area contributed by atoms with Gasteiger partial charge in [0.15, 0.2) is 5.17 Å². The molecule has 1 saturated heterocycles. The summed E-state index contributed by atoms with van der Waals surface area (Å²) in [5.41, 5.74) is 5.10. The molecule has 1 aromatic carbocycles. The lowest BCUT2D eigenvalue weighted by Gasteiger charge is -2.33. The maximum atomic E-state index is 5.14. The van der Waals surface area contributed by atoms with Crippen molar-refractivity contribution in [1.29, 1.82) is 0 Å². The van der Waals surface area contributed by atoms with Crippen molar-refractivity contribution in [2.45, 2.75) is 52.2 Å². The van der Waals surface area contributed by atoms with Gasteiger partial charge in [0.05, 0.1) is 11.7 Å². The van der Waals surface area contributed by atoms with E-state index in [-0.39, 0.29) is 12.1 Å². The van der Waals surface area contributed by atoms with E-state index in [1.165, 1.54) is 22.0 Å². The number of nitrogens with zero attached hydrogens (tertiary/aromatic N) is 4. The summed E-state index contributed by atoms with van der Waals surface area (Å²) in [5.74, 6) is 1.14. The molecule has 148 valence electrons. The smallest absolute Gasteiger partial charge is 0.160 e. The number of aromatic nitrogens is 1. The van der Waals surface area contributed by atoms with Gasteiger partial charge in [-0.3, -0.25) is 9.98 Å². The maximum Gasteiger partial charge on any atom is 0.160 e. The second kappa shape index (κ2) is 8.16. The van der Waals surface area contributed by atoms with Crippen LogP contribution in [0.3, 0.4) is 0 Å². The second-order valence-electron chi connectivity index (χ2n) is 7.55. The van der Waals surface area contributed by atoms with Crippen molar-refractivity contribution >= 4 is 22.6 Å². The van der Waals surface area contributed by atoms with Gasteiger partial charge in [-0.25, -0.2) is 0 Å². The molecule has 1 aromatic heterocycles. The Kier molecular flexibility index (Phi) is 5.63. The van der Waals surface area contributed by atoms with E-state index >= 15 is 0 Å². The summed E-state index contributed by atoms with van der Waals surface area (Å²) in [5, 5.41) is 1.19. The molecule has 1 fully saturated rings. The lowest BCUT2D eigenvalue weighted by atomic mass is 9.91. The van der Waals surface area contributed by atoms with Gasteiger partial charge in [-0.15, -0.1) is 0 Å². The molecule has 3 atom stereocenters. The summed E-state index contributed by atoms with van der Waals surface area (Å²) in [6, 6.07) is 14.0. The Morgan fingerprint density at radius 3 is 2.61 bits per heavy atom. The van der Waals surface area contributed by atoms with Crippen LogP contribution in [0.15, 0.2) is 47.6 Å². The molecule has 0 unspecified atom stereocenters. The zero-order valence-corrected chi connectivity index (χ0v) is 18.1. The van der Waals surface area contributed by atoms with E-state index in [4.69, 9.17) is 4.99 Å². The molecule has 4 rings (SSSR count). The Morgan fingerprint density at radius 1 is 1.14 bits per heavy atom. The van der Waals surface area contributed by atoms with Crippen molar-refractivity contribution in [3.63, 3.8) is 0 Å². The van der Waals surface area contributed by atoms with E-state index in [1.54, 1.807) is 0 Å². The van der Waals surface area contributed by atoms with Gasteiger partial charge in [0.1, 0.15) is 6.04 Å². The zero-order chi connectivity index (χ0) is 19.7. The first-order valence-electron chi connectivity index (χ1n) is 10.4. The van der Waals surface area contributed by atoms with Gasteiger partial charge < -0.3 is 9.80 Å². The van der Waals surface area contributed by atoms with E-state index in [1.807, 2.05) is 24.0 Å². The number of amidine groups is 1. The Hall–Kier alpha value is -2.01. The van der Waals surface area contributed by atoms with E-state index < -0.39 is 0 Å². The van der Waals surface area contributed by atoms with Crippen LogP contribution in [0, 0.1) is 6.92 Å². The molecule has 5 heteroatoms. The molecule has 3 heterocycles. The Balaban J connectivity index is 1.76. The predicted molar refractivity (Wildman–Crippen MR) is 120 cm³/mol. The first kappa shape index (κ1) is 19.3. The van der Waals surface area contributed by atoms with E-state index in [0.29, 0.717) is 6.04 Å². The van der Waals surface area contributed by atoms with Gasteiger partial charge in [-0.1, -0.05) is 30.8 Å². The van der Waals surface area contributed by atoms with Gasteiger partial charge in [-0.05, 0) is 62.6 Å². The third-order valence-corrected chi connectivity index (χ3v) is 7.16. The van der Waals surface area contributed by atoms with E-state index in [2.05, 4.69) is 72.8 Å². The van der Waals surface area contributed by atoms with Crippen LogP contribution in [0.4, 0.5) is 5.69 Å². The fourth-order valence-corrected chi connectivity index (χ4v) is 5.80. The van der Waals surface area contributed by atoms with E-state index in [0.717, 1.165) is 31.0 Å². The number of anilines is 1. The second-order valence-corrected chi connectivity index (χ2v) is 8.54. The number of benzene rings is 1. The normalized spacial score (nSPS) is 23.6. The molecule has 0 amide bonds. The number of rotatable bonds is 6. The largest absolute Gasteiger partial charge is 0.372 e. The molecular formula is C23H30N4S. The highest BCUT2D eigenvalue weighted by Crippen LogP contribution is 2.49. The molecule has 2 aliphatic heterocycles. The number of hydrogen-bond acceptors (Lipinski definition) is 5. The molecule has 4 nitrogen and oxygen atoms in total. The first-order chi connectivity index (χ1) is 13.7. The molecule has 2 aromatic rings. The highest BCUT2D eigenvalue weighted by Gasteiger charge is 2.45. The molecule has 0 saturated carbocycles. The standard InChI is InChI=1S/C23H30N4S/c1-5-17-15-28-23-25-21(20-10-8-9-13-24-20)22(27(17)23)19-12-11-18(14-16(19)4)26(6-2)7-3/h8-14,17,21-22H,5-7,15H2,1-4H3/t17-,21+,22+/m1/s1. The van der Waals surface area contributed by atoms with Gasteiger partial charge >= 0.3 is 0 Å². The van der Waals surface area contributed by atoms with Crippen LogP contribution < -0.4 is 4.90 Å². The number of pyridine rings is 1. The zero-order valence-electron chi connectivity index (χ0n) is 17.3. The number of aliphatic imine (C=N–C) groups is 1. The van der Waals surface area contributed by atoms with Crippen molar-refractivity contribution in [2.75, 3.05) is 23.7 Å². The number of fused-ring (bicyclic) bond motifs is 1. The fraction of sp³-hybridized carbons (Fsp3) is 0.478. The van der Waals surface area contributed by atoms with Crippen LogP contribution in [-0.4, -0.2) is 39.9 Å². The van der Waals surface area contributed by atoms with Crippen molar-refractivity contribution in [3.05, 3.63) is 59.4 Å². The number of thioether (sulfide) groups is 1. The van der Waals surface area contributed by atoms with Gasteiger partial charge in [0.2, 0.25) is 0 Å².